The van der Waals surface area contributed by atoms with Gasteiger partial charge in [-0.3, -0.25) is 4.40 Å². The lowest BCUT2D eigenvalue weighted by atomic mass is 10.5. The predicted octanol–water partition coefficient (Wildman–Crippen LogP) is 0.488. The third-order valence-corrected chi connectivity index (χ3v) is 3.34. The first kappa shape index (κ1) is 12.2. The van der Waals surface area contributed by atoms with Crippen LogP contribution in [0.2, 0.25) is 0 Å². The molecule has 2 aromatic rings. The number of imidazole rings is 1. The van der Waals surface area contributed by atoms with Crippen LogP contribution in [0.4, 0.5) is 5.82 Å². The molecule has 0 unspecified atom stereocenters. The van der Waals surface area contributed by atoms with Crippen LogP contribution in [0.1, 0.15) is 12.8 Å². The topological polar surface area (TPSA) is 80.7 Å². The second-order valence-corrected chi connectivity index (χ2v) is 4.79. The van der Waals surface area contributed by atoms with Crippen LogP contribution >= 0.6 is 0 Å². The molecule has 1 fully saturated rings. The number of anilines is 1. The molecule has 2 aromatic heterocycles. The zero-order valence-electron chi connectivity index (χ0n) is 10.9. The molecule has 1 aliphatic rings. The molecule has 0 atom stereocenters. The Bertz CT molecular complexity index is 564. The van der Waals surface area contributed by atoms with Crippen LogP contribution in [0.5, 0.6) is 5.88 Å². The summed E-state index contributed by atoms with van der Waals surface area (Å²) in [5, 5.41) is 0. The molecule has 0 aromatic carbocycles. The number of hydrogen-bond acceptors (Lipinski definition) is 6. The van der Waals surface area contributed by atoms with E-state index in [0.717, 1.165) is 12.6 Å². The Morgan fingerprint density at radius 3 is 3.16 bits per heavy atom. The molecule has 1 saturated carbocycles. The highest BCUT2D eigenvalue weighted by atomic mass is 16.5. The minimum Gasteiger partial charge on any atom is -0.474 e. The van der Waals surface area contributed by atoms with Crippen LogP contribution in [0.25, 0.3) is 5.65 Å². The molecule has 0 amide bonds. The van der Waals surface area contributed by atoms with Crippen LogP contribution in [0.3, 0.4) is 0 Å². The van der Waals surface area contributed by atoms with Gasteiger partial charge in [-0.2, -0.15) is 4.98 Å². The summed E-state index contributed by atoms with van der Waals surface area (Å²) in [6.45, 7) is 1.48. The Hall–Kier alpha value is -1.86. The van der Waals surface area contributed by atoms with Gasteiger partial charge in [0.1, 0.15) is 6.61 Å². The van der Waals surface area contributed by atoms with Gasteiger partial charge >= 0.3 is 0 Å². The first-order valence-corrected chi connectivity index (χ1v) is 6.41. The summed E-state index contributed by atoms with van der Waals surface area (Å²) < 4.78 is 7.57. The van der Waals surface area contributed by atoms with E-state index in [2.05, 4.69) is 27.3 Å². The lowest BCUT2D eigenvalue weighted by molar-refractivity contribution is 0.227. The highest BCUT2D eigenvalue weighted by Gasteiger charge is 2.25. The van der Waals surface area contributed by atoms with Gasteiger partial charge in [0.2, 0.25) is 5.65 Å². The maximum atomic E-state index is 5.74. The van der Waals surface area contributed by atoms with Gasteiger partial charge < -0.3 is 15.1 Å². The zero-order chi connectivity index (χ0) is 13.2. The number of fused-ring (bicyclic) bond motifs is 1. The second-order valence-electron chi connectivity index (χ2n) is 4.79. The van der Waals surface area contributed by atoms with E-state index < -0.39 is 0 Å². The normalized spacial score (nSPS) is 15.1. The fraction of sp³-hybridized carbons (Fsp3) is 0.500. The lowest BCUT2D eigenvalue weighted by Gasteiger charge is -2.15. The van der Waals surface area contributed by atoms with Crippen molar-refractivity contribution in [2.75, 3.05) is 25.6 Å². The smallest absolute Gasteiger partial charge is 0.260 e. The van der Waals surface area contributed by atoms with Crippen molar-refractivity contribution < 1.29 is 4.74 Å². The van der Waals surface area contributed by atoms with E-state index in [-0.39, 0.29) is 0 Å². The van der Waals surface area contributed by atoms with Crippen LogP contribution in [-0.4, -0.2) is 45.5 Å². The highest BCUT2D eigenvalue weighted by Crippen LogP contribution is 2.25. The van der Waals surface area contributed by atoms with Crippen LogP contribution in [-0.2, 0) is 0 Å². The highest BCUT2D eigenvalue weighted by molar-refractivity contribution is 5.53. The average Bonchev–Trinajstić information content (AvgIpc) is 3.16. The minimum atomic E-state index is 0.504. The van der Waals surface area contributed by atoms with Crippen molar-refractivity contribution in [1.82, 2.24) is 19.3 Å². The van der Waals surface area contributed by atoms with Crippen molar-refractivity contribution in [3.8, 4) is 5.88 Å². The molecule has 7 heteroatoms. The molecule has 7 nitrogen and oxygen atoms in total. The van der Waals surface area contributed by atoms with Crippen LogP contribution in [0, 0.1) is 0 Å². The van der Waals surface area contributed by atoms with E-state index in [1.165, 1.54) is 12.8 Å². The molecule has 1 aliphatic carbocycles. The summed E-state index contributed by atoms with van der Waals surface area (Å²) in [4.78, 5) is 10.8. The molecule has 0 saturated heterocycles. The molecule has 3 rings (SSSR count). The van der Waals surface area contributed by atoms with Gasteiger partial charge in [-0.25, -0.2) is 10.8 Å². The third-order valence-electron chi connectivity index (χ3n) is 3.34. The van der Waals surface area contributed by atoms with Crippen molar-refractivity contribution in [1.29, 1.82) is 0 Å². The predicted molar refractivity (Wildman–Crippen MR) is 71.9 cm³/mol. The Morgan fingerprint density at radius 1 is 1.58 bits per heavy atom. The summed E-state index contributed by atoms with van der Waals surface area (Å²) >= 11 is 0. The van der Waals surface area contributed by atoms with E-state index in [1.807, 2.05) is 10.6 Å². The Morgan fingerprint density at radius 2 is 2.42 bits per heavy atom. The van der Waals surface area contributed by atoms with Crippen molar-refractivity contribution in [2.45, 2.75) is 18.9 Å². The Kier molecular flexibility index (Phi) is 3.22. The number of hydrogen-bond donors (Lipinski definition) is 2. The summed E-state index contributed by atoms with van der Waals surface area (Å²) in [6, 6.07) is 0.736. The van der Waals surface area contributed by atoms with Crippen molar-refractivity contribution >= 4 is 11.5 Å². The maximum Gasteiger partial charge on any atom is 0.260 e. The number of ether oxygens (including phenoxy) is 1. The van der Waals surface area contributed by atoms with Crippen LogP contribution in [0.15, 0.2) is 18.6 Å². The SMILES string of the molecule is CN(CCOc1nc(NN)cn2ccnc12)C1CC1. The van der Waals surface area contributed by atoms with Gasteiger partial charge in [-0.15, -0.1) is 0 Å². The Labute approximate surface area is 111 Å². The molecule has 102 valence electrons. The number of aromatic nitrogens is 3. The lowest BCUT2D eigenvalue weighted by Crippen LogP contribution is -2.26. The zero-order valence-corrected chi connectivity index (χ0v) is 10.9. The molecule has 2 heterocycles. The first-order chi connectivity index (χ1) is 9.28. The fourth-order valence-electron chi connectivity index (χ4n) is 2.05. The second kappa shape index (κ2) is 5.02. The van der Waals surface area contributed by atoms with Gasteiger partial charge in [-0.1, -0.05) is 0 Å². The number of nitrogen functional groups attached to an aromatic ring is 1. The number of hydrazine groups is 1. The third kappa shape index (κ3) is 2.61. The first-order valence-electron chi connectivity index (χ1n) is 6.41. The van der Waals surface area contributed by atoms with Gasteiger partial charge in [0.05, 0.1) is 6.20 Å². The standard InChI is InChI=1S/C12H18N6O/c1-17(9-2-3-9)6-7-19-12-11-14-4-5-18(11)8-10(15-12)16-13/h4-5,8-9,16H,2-3,6-7,13H2,1H3. The molecule has 0 radical (unpaired) electrons. The number of likely N-dealkylation sites (N-methyl/N-ethyl adjacent to an activating group) is 1. The van der Waals surface area contributed by atoms with Gasteiger partial charge in [0.15, 0.2) is 5.82 Å². The summed E-state index contributed by atoms with van der Waals surface area (Å²) in [7, 11) is 2.12. The van der Waals surface area contributed by atoms with Crippen molar-refractivity contribution in [3.05, 3.63) is 18.6 Å². The average molecular weight is 262 g/mol. The monoisotopic (exact) mass is 262 g/mol. The fourth-order valence-corrected chi connectivity index (χ4v) is 2.05. The number of nitrogens with zero attached hydrogens (tertiary/aromatic N) is 4. The van der Waals surface area contributed by atoms with Crippen LogP contribution < -0.4 is 16.0 Å². The van der Waals surface area contributed by atoms with E-state index in [9.17, 15) is 0 Å². The van der Waals surface area contributed by atoms with E-state index in [4.69, 9.17) is 10.6 Å². The number of nitrogens with one attached hydrogen (secondary N) is 1. The summed E-state index contributed by atoms with van der Waals surface area (Å²) in [5.74, 6) is 6.45. The van der Waals surface area contributed by atoms with E-state index >= 15 is 0 Å². The Balaban J connectivity index is 1.70. The van der Waals surface area contributed by atoms with Crippen molar-refractivity contribution in [2.24, 2.45) is 5.84 Å². The molecular formula is C12H18N6O. The summed E-state index contributed by atoms with van der Waals surface area (Å²) in [6.07, 6.45) is 7.91. The number of nitrogens with two attached hydrogens (primary N) is 1. The minimum absolute atomic E-state index is 0.504. The molecule has 0 bridgehead atoms. The molecule has 0 aliphatic heterocycles. The van der Waals surface area contributed by atoms with E-state index in [1.54, 1.807) is 12.4 Å². The quantitative estimate of drug-likeness (QED) is 0.582. The molecule has 3 N–H and O–H groups in total. The maximum absolute atomic E-state index is 5.74. The summed E-state index contributed by atoms with van der Waals surface area (Å²) in [5.41, 5.74) is 3.23. The largest absolute Gasteiger partial charge is 0.474 e. The van der Waals surface area contributed by atoms with Gasteiger partial charge in [-0.05, 0) is 19.9 Å². The molecule has 0 spiro atoms. The van der Waals surface area contributed by atoms with E-state index in [0.29, 0.717) is 24.0 Å². The molecular weight excluding hydrogens is 244 g/mol. The molecule has 19 heavy (non-hydrogen) atoms. The number of rotatable bonds is 6. The van der Waals surface area contributed by atoms with Gasteiger partial charge in [0, 0.05) is 25.0 Å². The van der Waals surface area contributed by atoms with Gasteiger partial charge in [0.25, 0.3) is 5.88 Å². The van der Waals surface area contributed by atoms with Crippen molar-refractivity contribution in [3.63, 3.8) is 0 Å².